The number of rotatable bonds is 8. The normalized spacial score (nSPS) is 13.1. The summed E-state index contributed by atoms with van der Waals surface area (Å²) in [4.78, 5) is 17.2. The number of Topliss-reactive ketones (excluding diaryl/α,β-unsaturated/α-hetero) is 1. The van der Waals surface area contributed by atoms with E-state index in [1.165, 1.54) is 0 Å². The Kier molecular flexibility index (Phi) is 6.97. The monoisotopic (exact) mass is 516 g/mol. The first-order chi connectivity index (χ1) is 17.4. The van der Waals surface area contributed by atoms with Crippen molar-refractivity contribution in [2.45, 2.75) is 25.4 Å². The molecule has 36 heavy (non-hydrogen) atoms. The Bertz CT molecular complexity index is 1520. The first-order valence-electron chi connectivity index (χ1n) is 11.8. The number of nitrogens with one attached hydrogen (secondary N) is 2. The Labute approximate surface area is 220 Å². The first-order valence-corrected chi connectivity index (χ1v) is 12.5. The standard InChI is InChI=1S/C29H26Cl2N4O/c1-18(12-21-8-10-23(30)14-26(21)31)34-28(19-6-4-3-5-7-19)29(36)25-16-32-27-13-20(9-11-24(25)27)22-15-33-35(2)17-22/h3-11,13-18,28,32,34H,12H2,1-2H3/t18-,28?/m0/s1. The van der Waals surface area contributed by atoms with E-state index in [2.05, 4.69) is 28.4 Å². The van der Waals surface area contributed by atoms with Gasteiger partial charge in [-0.15, -0.1) is 0 Å². The molecule has 5 rings (SSSR count). The maximum absolute atomic E-state index is 13.9. The first kappa shape index (κ1) is 24.3. The van der Waals surface area contributed by atoms with E-state index in [0.717, 1.165) is 33.2 Å². The molecule has 0 saturated heterocycles. The van der Waals surface area contributed by atoms with Crippen LogP contribution in [0.2, 0.25) is 10.0 Å². The van der Waals surface area contributed by atoms with E-state index in [4.69, 9.17) is 23.2 Å². The Morgan fingerprint density at radius 1 is 1.06 bits per heavy atom. The van der Waals surface area contributed by atoms with Gasteiger partial charge in [0.25, 0.3) is 0 Å². The molecule has 1 unspecified atom stereocenters. The van der Waals surface area contributed by atoms with E-state index in [-0.39, 0.29) is 11.8 Å². The highest BCUT2D eigenvalue weighted by atomic mass is 35.5. The number of hydrogen-bond donors (Lipinski definition) is 2. The van der Waals surface area contributed by atoms with Crippen LogP contribution in [0.4, 0.5) is 0 Å². The molecule has 0 radical (unpaired) electrons. The molecular weight excluding hydrogens is 491 g/mol. The van der Waals surface area contributed by atoms with Gasteiger partial charge in [0, 0.05) is 57.6 Å². The molecule has 0 fully saturated rings. The zero-order chi connectivity index (χ0) is 25.2. The van der Waals surface area contributed by atoms with Crippen LogP contribution in [0.15, 0.2) is 85.3 Å². The van der Waals surface area contributed by atoms with Crippen LogP contribution in [-0.4, -0.2) is 26.6 Å². The number of nitrogens with zero attached hydrogens (tertiary/aromatic N) is 2. The summed E-state index contributed by atoms with van der Waals surface area (Å²) >= 11 is 12.5. The van der Waals surface area contributed by atoms with Crippen molar-refractivity contribution in [1.82, 2.24) is 20.1 Å². The van der Waals surface area contributed by atoms with Crippen molar-refractivity contribution < 1.29 is 4.79 Å². The second kappa shape index (κ2) is 10.3. The molecule has 0 aliphatic heterocycles. The van der Waals surface area contributed by atoms with Gasteiger partial charge < -0.3 is 10.3 Å². The number of carbonyl (C=O) groups is 1. The molecule has 0 spiro atoms. The van der Waals surface area contributed by atoms with Gasteiger partial charge in [0.15, 0.2) is 5.78 Å². The fourth-order valence-electron chi connectivity index (χ4n) is 4.56. The highest BCUT2D eigenvalue weighted by Crippen LogP contribution is 2.29. The van der Waals surface area contributed by atoms with Gasteiger partial charge in [0.05, 0.1) is 12.2 Å². The summed E-state index contributed by atoms with van der Waals surface area (Å²) in [6.07, 6.45) is 6.27. The maximum atomic E-state index is 13.9. The summed E-state index contributed by atoms with van der Waals surface area (Å²) in [7, 11) is 1.89. The number of fused-ring (bicyclic) bond motifs is 1. The van der Waals surface area contributed by atoms with Gasteiger partial charge in [-0.2, -0.15) is 5.10 Å². The molecule has 0 aliphatic rings. The lowest BCUT2D eigenvalue weighted by Crippen LogP contribution is -2.36. The lowest BCUT2D eigenvalue weighted by Gasteiger charge is -2.23. The van der Waals surface area contributed by atoms with Gasteiger partial charge in [-0.3, -0.25) is 9.48 Å². The van der Waals surface area contributed by atoms with Gasteiger partial charge >= 0.3 is 0 Å². The van der Waals surface area contributed by atoms with Crippen LogP contribution >= 0.6 is 23.2 Å². The van der Waals surface area contributed by atoms with Crippen LogP contribution in [0.25, 0.3) is 22.0 Å². The Hall–Kier alpha value is -3.38. The molecule has 5 nitrogen and oxygen atoms in total. The zero-order valence-corrected chi connectivity index (χ0v) is 21.5. The quantitative estimate of drug-likeness (QED) is 0.218. The average molecular weight is 517 g/mol. The highest BCUT2D eigenvalue weighted by molar-refractivity contribution is 6.35. The van der Waals surface area contributed by atoms with Crippen LogP contribution in [0.1, 0.15) is 34.5 Å². The van der Waals surface area contributed by atoms with Crippen LogP contribution < -0.4 is 5.32 Å². The van der Waals surface area contributed by atoms with Crippen LogP contribution in [-0.2, 0) is 13.5 Å². The van der Waals surface area contributed by atoms with E-state index in [1.807, 2.05) is 74.0 Å². The number of ketones is 1. The van der Waals surface area contributed by atoms with Crippen LogP contribution in [0, 0.1) is 0 Å². The van der Waals surface area contributed by atoms with Gasteiger partial charge in [0.2, 0.25) is 0 Å². The van der Waals surface area contributed by atoms with Crippen molar-refractivity contribution in [3.63, 3.8) is 0 Å². The van der Waals surface area contributed by atoms with Crippen molar-refractivity contribution in [1.29, 1.82) is 0 Å². The maximum Gasteiger partial charge on any atom is 0.186 e. The largest absolute Gasteiger partial charge is 0.360 e. The number of hydrogen-bond acceptors (Lipinski definition) is 3. The Morgan fingerprint density at radius 2 is 1.86 bits per heavy atom. The topological polar surface area (TPSA) is 62.7 Å². The zero-order valence-electron chi connectivity index (χ0n) is 20.0. The van der Waals surface area contributed by atoms with Crippen molar-refractivity contribution in [2.24, 2.45) is 7.05 Å². The van der Waals surface area contributed by atoms with Gasteiger partial charge in [0.1, 0.15) is 0 Å². The number of halogens is 2. The summed E-state index contributed by atoms with van der Waals surface area (Å²) < 4.78 is 1.78. The molecule has 5 aromatic rings. The molecule has 0 amide bonds. The lowest BCUT2D eigenvalue weighted by molar-refractivity contribution is 0.0938. The average Bonchev–Trinajstić information content (AvgIpc) is 3.50. The molecule has 2 N–H and O–H groups in total. The third-order valence-corrected chi connectivity index (χ3v) is 6.96. The number of aryl methyl sites for hydroxylation is 1. The molecule has 0 bridgehead atoms. The SMILES string of the molecule is C[C@@H](Cc1ccc(Cl)cc1Cl)NC(C(=O)c1c[nH]c2cc(-c3cnn(C)c3)ccc12)c1ccccc1. The highest BCUT2D eigenvalue weighted by Gasteiger charge is 2.26. The van der Waals surface area contributed by atoms with Gasteiger partial charge in [-0.05, 0) is 48.2 Å². The molecule has 3 aromatic carbocycles. The summed E-state index contributed by atoms with van der Waals surface area (Å²) in [5.41, 5.74) is 5.53. The molecule has 0 saturated carbocycles. The number of benzene rings is 3. The number of H-pyrrole nitrogens is 1. The van der Waals surface area contributed by atoms with Crippen molar-refractivity contribution in [2.75, 3.05) is 0 Å². The van der Waals surface area contributed by atoms with Crippen LogP contribution in [0.5, 0.6) is 0 Å². The Balaban J connectivity index is 1.44. The minimum Gasteiger partial charge on any atom is -0.360 e. The smallest absolute Gasteiger partial charge is 0.186 e. The Morgan fingerprint density at radius 3 is 2.58 bits per heavy atom. The molecular formula is C29H26Cl2N4O. The van der Waals surface area contributed by atoms with Crippen molar-refractivity contribution in [3.05, 3.63) is 112 Å². The third-order valence-electron chi connectivity index (χ3n) is 6.37. The molecule has 2 heterocycles. The molecule has 2 aromatic heterocycles. The number of carbonyl (C=O) groups excluding carboxylic acids is 1. The van der Waals surface area contributed by atoms with E-state index in [9.17, 15) is 4.79 Å². The van der Waals surface area contributed by atoms with Gasteiger partial charge in [-0.25, -0.2) is 0 Å². The summed E-state index contributed by atoms with van der Waals surface area (Å²) in [6.45, 7) is 2.06. The second-order valence-electron chi connectivity index (χ2n) is 9.08. The second-order valence-corrected chi connectivity index (χ2v) is 9.92. The van der Waals surface area contributed by atoms with E-state index >= 15 is 0 Å². The van der Waals surface area contributed by atoms with E-state index in [0.29, 0.717) is 22.0 Å². The lowest BCUT2D eigenvalue weighted by atomic mass is 9.95. The fraction of sp³-hybridized carbons (Fsp3) is 0.172. The van der Waals surface area contributed by atoms with Gasteiger partial charge in [-0.1, -0.05) is 71.7 Å². The van der Waals surface area contributed by atoms with Crippen LogP contribution in [0.3, 0.4) is 0 Å². The fourth-order valence-corrected chi connectivity index (χ4v) is 5.05. The minimum atomic E-state index is -0.510. The number of aromatic nitrogens is 3. The minimum absolute atomic E-state index is 0.00984. The molecule has 7 heteroatoms. The third kappa shape index (κ3) is 5.09. The number of aromatic amines is 1. The van der Waals surface area contributed by atoms with E-state index < -0.39 is 6.04 Å². The summed E-state index contributed by atoms with van der Waals surface area (Å²) in [5, 5.41) is 9.93. The molecule has 0 aliphatic carbocycles. The van der Waals surface area contributed by atoms with Crippen molar-refractivity contribution in [3.8, 4) is 11.1 Å². The summed E-state index contributed by atoms with van der Waals surface area (Å²) in [6, 6.07) is 20.9. The molecule has 182 valence electrons. The summed E-state index contributed by atoms with van der Waals surface area (Å²) in [5.74, 6) is 0.00984. The molecule has 2 atom stereocenters. The predicted octanol–water partition coefficient (Wildman–Crippen LogP) is 7.02. The van der Waals surface area contributed by atoms with E-state index in [1.54, 1.807) is 16.9 Å². The van der Waals surface area contributed by atoms with Crippen molar-refractivity contribution >= 4 is 39.9 Å². The predicted molar refractivity (Wildman–Crippen MR) is 147 cm³/mol.